The molecule has 8 heteroatoms. The molecule has 4 heterocycles. The average Bonchev–Trinajstić information content (AvgIpc) is 3.36. The molecule has 172 valence electrons. The first-order valence-corrected chi connectivity index (χ1v) is 11.4. The summed E-state index contributed by atoms with van der Waals surface area (Å²) < 4.78 is 11.0. The number of nitrogens with one attached hydrogen (secondary N) is 1. The van der Waals surface area contributed by atoms with E-state index in [4.69, 9.17) is 20.0 Å². The molecule has 1 fully saturated rings. The molecule has 33 heavy (non-hydrogen) atoms. The average molecular weight is 447 g/mol. The number of nitrogens with zero attached hydrogens (tertiary/aromatic N) is 4. The highest BCUT2D eigenvalue weighted by atomic mass is 16.5. The van der Waals surface area contributed by atoms with Gasteiger partial charge in [-0.15, -0.1) is 0 Å². The van der Waals surface area contributed by atoms with E-state index in [1.807, 2.05) is 19.9 Å². The number of aromatic nitrogens is 4. The molecule has 0 bridgehead atoms. The van der Waals surface area contributed by atoms with E-state index in [1.165, 1.54) is 5.56 Å². The van der Waals surface area contributed by atoms with E-state index in [2.05, 4.69) is 44.5 Å². The number of methoxy groups -OCH3 is 1. The highest BCUT2D eigenvalue weighted by Crippen LogP contribution is 2.30. The van der Waals surface area contributed by atoms with Crippen molar-refractivity contribution in [1.29, 1.82) is 0 Å². The van der Waals surface area contributed by atoms with Crippen LogP contribution in [0.25, 0.3) is 11.0 Å². The maximum Gasteiger partial charge on any atom is 0.183 e. The molecule has 4 aromatic rings. The molecule has 0 saturated carbocycles. The number of nitrogens with two attached hydrogens (primary N) is 1. The molecule has 0 radical (unpaired) electrons. The van der Waals surface area contributed by atoms with Crippen LogP contribution < -0.4 is 10.5 Å². The molecule has 1 aromatic carbocycles. The number of pyridine rings is 1. The van der Waals surface area contributed by atoms with Crippen molar-refractivity contribution in [2.75, 3.05) is 25.9 Å². The van der Waals surface area contributed by atoms with E-state index in [1.54, 1.807) is 7.11 Å². The van der Waals surface area contributed by atoms with Crippen LogP contribution in [0.3, 0.4) is 0 Å². The molecule has 1 aliphatic rings. The summed E-state index contributed by atoms with van der Waals surface area (Å²) >= 11 is 0. The van der Waals surface area contributed by atoms with Crippen molar-refractivity contribution in [3.05, 3.63) is 64.2 Å². The van der Waals surface area contributed by atoms with Crippen LogP contribution in [-0.2, 0) is 13.0 Å². The summed E-state index contributed by atoms with van der Waals surface area (Å²) in [6.45, 7) is 6.90. The summed E-state index contributed by atoms with van der Waals surface area (Å²) in [5.41, 5.74) is 12.2. The van der Waals surface area contributed by atoms with Crippen molar-refractivity contribution in [3.63, 3.8) is 0 Å². The van der Waals surface area contributed by atoms with E-state index < -0.39 is 0 Å². The fraction of sp³-hybridized carbons (Fsp3) is 0.400. The van der Waals surface area contributed by atoms with Crippen LogP contribution in [0.2, 0.25) is 0 Å². The number of aryl methyl sites for hydroxylation is 2. The summed E-state index contributed by atoms with van der Waals surface area (Å²) in [6, 6.07) is 10.6. The van der Waals surface area contributed by atoms with Crippen LogP contribution in [0.1, 0.15) is 52.6 Å². The number of rotatable bonds is 6. The Morgan fingerprint density at radius 2 is 2.12 bits per heavy atom. The first kappa shape index (κ1) is 21.5. The zero-order valence-corrected chi connectivity index (χ0v) is 19.4. The Morgan fingerprint density at radius 1 is 1.24 bits per heavy atom. The summed E-state index contributed by atoms with van der Waals surface area (Å²) in [7, 11) is 1.72. The number of anilines is 1. The van der Waals surface area contributed by atoms with Gasteiger partial charge in [0, 0.05) is 36.7 Å². The van der Waals surface area contributed by atoms with Crippen molar-refractivity contribution < 1.29 is 9.26 Å². The molecule has 0 spiro atoms. The lowest BCUT2D eigenvalue weighted by Crippen LogP contribution is -2.34. The summed E-state index contributed by atoms with van der Waals surface area (Å²) in [6.07, 6.45) is 3.03. The van der Waals surface area contributed by atoms with Crippen molar-refractivity contribution in [2.24, 2.45) is 0 Å². The number of nitrogen functional groups attached to an aromatic ring is 1. The van der Waals surface area contributed by atoms with Crippen molar-refractivity contribution >= 4 is 16.9 Å². The topological polar surface area (TPSA) is 106 Å². The highest BCUT2D eigenvalue weighted by Gasteiger charge is 2.23. The maximum atomic E-state index is 5.92. The molecule has 1 saturated heterocycles. The van der Waals surface area contributed by atoms with Gasteiger partial charge in [0.15, 0.2) is 5.65 Å². The van der Waals surface area contributed by atoms with E-state index in [-0.39, 0.29) is 0 Å². The molecule has 0 amide bonds. The number of H-pyrrole nitrogens is 1. The van der Waals surface area contributed by atoms with Crippen molar-refractivity contribution in [1.82, 2.24) is 25.2 Å². The molecule has 3 N–H and O–H groups in total. The van der Waals surface area contributed by atoms with Crippen molar-refractivity contribution in [3.8, 4) is 5.75 Å². The molecule has 1 atom stereocenters. The van der Waals surface area contributed by atoms with Crippen LogP contribution in [0, 0.1) is 13.8 Å². The lowest BCUT2D eigenvalue weighted by Gasteiger charge is -2.32. The Kier molecular flexibility index (Phi) is 5.76. The van der Waals surface area contributed by atoms with Crippen molar-refractivity contribution in [2.45, 2.75) is 45.6 Å². The molecule has 5 rings (SSSR count). The number of hydrogen-bond acceptors (Lipinski definition) is 7. The quantitative estimate of drug-likeness (QED) is 0.459. The smallest absolute Gasteiger partial charge is 0.183 e. The van der Waals surface area contributed by atoms with Crippen LogP contribution in [-0.4, -0.2) is 45.4 Å². The number of likely N-dealkylation sites (tertiary alicyclic amines) is 1. The maximum absolute atomic E-state index is 5.92. The van der Waals surface area contributed by atoms with Crippen LogP contribution in [0.5, 0.6) is 5.75 Å². The van der Waals surface area contributed by atoms with E-state index in [9.17, 15) is 0 Å². The minimum absolute atomic E-state index is 0.390. The van der Waals surface area contributed by atoms with Gasteiger partial charge < -0.3 is 15.0 Å². The van der Waals surface area contributed by atoms with Gasteiger partial charge in [-0.05, 0) is 62.6 Å². The number of ether oxygens (including phenoxy) is 1. The fourth-order valence-corrected chi connectivity index (χ4v) is 4.87. The van der Waals surface area contributed by atoms with Gasteiger partial charge >= 0.3 is 0 Å². The van der Waals surface area contributed by atoms with Gasteiger partial charge in [-0.2, -0.15) is 5.10 Å². The Hall–Kier alpha value is -3.39. The van der Waals surface area contributed by atoms with Crippen LogP contribution >= 0.6 is 0 Å². The van der Waals surface area contributed by atoms with Gasteiger partial charge in [0.05, 0.1) is 18.2 Å². The second-order valence-corrected chi connectivity index (χ2v) is 8.94. The molecule has 3 aromatic heterocycles. The predicted molar refractivity (Wildman–Crippen MR) is 127 cm³/mol. The zero-order chi connectivity index (χ0) is 22.9. The minimum atomic E-state index is 0.390. The third-order valence-corrected chi connectivity index (χ3v) is 6.69. The number of benzene rings is 1. The number of hydrogen-bond donors (Lipinski definition) is 2. The summed E-state index contributed by atoms with van der Waals surface area (Å²) in [4.78, 5) is 7.29. The lowest BCUT2D eigenvalue weighted by atomic mass is 9.93. The van der Waals surface area contributed by atoms with E-state index in [0.29, 0.717) is 17.4 Å². The lowest BCUT2D eigenvalue weighted by molar-refractivity contribution is 0.198. The Morgan fingerprint density at radius 3 is 2.91 bits per heavy atom. The molecule has 1 unspecified atom stereocenters. The highest BCUT2D eigenvalue weighted by molar-refractivity contribution is 5.85. The van der Waals surface area contributed by atoms with Crippen LogP contribution in [0.4, 0.5) is 5.82 Å². The number of aromatic amines is 1. The SMILES string of the molecule is COc1ccc(CN2CCCC(c3ccc4c(N)[nH]nc4n3)C2)cc1Cc1c(C)noc1C. The van der Waals surface area contributed by atoms with Gasteiger partial charge in [0.25, 0.3) is 0 Å². The minimum Gasteiger partial charge on any atom is -0.496 e. The second kappa shape index (κ2) is 8.86. The summed E-state index contributed by atoms with van der Waals surface area (Å²) in [5, 5.41) is 12.0. The normalized spacial score (nSPS) is 17.0. The van der Waals surface area contributed by atoms with Gasteiger partial charge in [-0.25, -0.2) is 4.98 Å². The van der Waals surface area contributed by atoms with Crippen LogP contribution in [0.15, 0.2) is 34.9 Å². The van der Waals surface area contributed by atoms with Gasteiger partial charge in [0.1, 0.15) is 17.3 Å². The third kappa shape index (κ3) is 4.30. The molecular formula is C25H30N6O2. The van der Waals surface area contributed by atoms with E-state index in [0.717, 1.165) is 78.3 Å². The molecule has 8 nitrogen and oxygen atoms in total. The molecule has 0 aliphatic carbocycles. The molecule has 1 aliphatic heterocycles. The Bertz CT molecular complexity index is 1260. The fourth-order valence-electron chi connectivity index (χ4n) is 4.87. The first-order chi connectivity index (χ1) is 16.0. The largest absolute Gasteiger partial charge is 0.496 e. The Balaban J connectivity index is 1.33. The van der Waals surface area contributed by atoms with Gasteiger partial charge in [-0.1, -0.05) is 17.3 Å². The summed E-state index contributed by atoms with van der Waals surface area (Å²) in [5.74, 6) is 2.72. The number of fused-ring (bicyclic) bond motifs is 1. The molecular weight excluding hydrogens is 416 g/mol. The predicted octanol–water partition coefficient (Wildman–Crippen LogP) is 4.12. The Labute approximate surface area is 193 Å². The van der Waals surface area contributed by atoms with Gasteiger partial charge in [-0.3, -0.25) is 10.00 Å². The monoisotopic (exact) mass is 446 g/mol. The number of piperidine rings is 1. The zero-order valence-electron chi connectivity index (χ0n) is 19.4. The standard InChI is InChI=1S/C25H30N6O2/c1-15-21(16(2)33-30-15)12-19-11-17(6-9-23(19)32-3)13-31-10-4-5-18(14-31)22-8-7-20-24(26)28-29-25(20)27-22/h6-9,11,18H,4-5,10,12-14H2,1-3H3,(H3,26,27,28,29). The third-order valence-electron chi connectivity index (χ3n) is 6.69. The van der Waals surface area contributed by atoms with Gasteiger partial charge in [0.2, 0.25) is 0 Å². The first-order valence-electron chi connectivity index (χ1n) is 11.4. The van der Waals surface area contributed by atoms with E-state index >= 15 is 0 Å². The second-order valence-electron chi connectivity index (χ2n) is 8.94.